The predicted molar refractivity (Wildman–Crippen MR) is 98.2 cm³/mol. The standard InChI is InChI=1S/C17H28N4O3S/c1-3-20-11-13-21(14-12-20)10-4-9-19-17(22)15-5-7-16(8-6-15)25(23,24)18-2/h5-8,18H,3-4,9-14H2,1-2H3,(H,19,22). The van der Waals surface area contributed by atoms with Gasteiger partial charge in [-0.2, -0.15) is 0 Å². The van der Waals surface area contributed by atoms with E-state index in [4.69, 9.17) is 0 Å². The quantitative estimate of drug-likeness (QED) is 0.647. The Balaban J connectivity index is 1.72. The molecule has 0 bridgehead atoms. The summed E-state index contributed by atoms with van der Waals surface area (Å²) in [4.78, 5) is 17.1. The van der Waals surface area contributed by atoms with Gasteiger partial charge in [0.25, 0.3) is 5.91 Å². The van der Waals surface area contributed by atoms with Crippen LogP contribution in [0.5, 0.6) is 0 Å². The maximum absolute atomic E-state index is 12.1. The molecule has 1 aromatic carbocycles. The van der Waals surface area contributed by atoms with Crippen LogP contribution in [0.15, 0.2) is 29.2 Å². The van der Waals surface area contributed by atoms with Crippen LogP contribution in [0.2, 0.25) is 0 Å². The fraction of sp³-hybridized carbons (Fsp3) is 0.588. The first-order valence-corrected chi connectivity index (χ1v) is 10.2. The van der Waals surface area contributed by atoms with Gasteiger partial charge in [0.2, 0.25) is 10.0 Å². The fourth-order valence-electron chi connectivity index (χ4n) is 2.84. The molecule has 25 heavy (non-hydrogen) atoms. The minimum absolute atomic E-state index is 0.151. The van der Waals surface area contributed by atoms with E-state index in [2.05, 4.69) is 26.8 Å². The number of hydrogen-bond donors (Lipinski definition) is 2. The largest absolute Gasteiger partial charge is 0.352 e. The molecule has 0 radical (unpaired) electrons. The number of carbonyl (C=O) groups is 1. The van der Waals surface area contributed by atoms with E-state index in [-0.39, 0.29) is 10.8 Å². The highest BCUT2D eigenvalue weighted by atomic mass is 32.2. The number of piperazine rings is 1. The van der Waals surface area contributed by atoms with Gasteiger partial charge in [-0.25, -0.2) is 13.1 Å². The summed E-state index contributed by atoms with van der Waals surface area (Å²) in [6.45, 7) is 9.30. The second-order valence-corrected chi connectivity index (χ2v) is 8.00. The fourth-order valence-corrected chi connectivity index (χ4v) is 3.57. The highest BCUT2D eigenvalue weighted by Crippen LogP contribution is 2.10. The van der Waals surface area contributed by atoms with Crippen molar-refractivity contribution in [3.63, 3.8) is 0 Å². The molecule has 8 heteroatoms. The number of likely N-dealkylation sites (N-methyl/N-ethyl adjacent to an activating group) is 1. The molecule has 1 aliphatic heterocycles. The average molecular weight is 369 g/mol. The summed E-state index contributed by atoms with van der Waals surface area (Å²) in [6, 6.07) is 5.94. The van der Waals surface area contributed by atoms with Gasteiger partial charge in [-0.1, -0.05) is 6.92 Å². The van der Waals surface area contributed by atoms with Crippen LogP contribution < -0.4 is 10.0 Å². The van der Waals surface area contributed by atoms with Gasteiger partial charge in [-0.15, -0.1) is 0 Å². The SMILES string of the molecule is CCN1CCN(CCCNC(=O)c2ccc(S(=O)(=O)NC)cc2)CC1. The Labute approximate surface area is 150 Å². The summed E-state index contributed by atoms with van der Waals surface area (Å²) in [5.41, 5.74) is 0.464. The third-order valence-electron chi connectivity index (χ3n) is 4.54. The van der Waals surface area contributed by atoms with Crippen molar-refractivity contribution in [2.75, 3.05) is 52.9 Å². The molecule has 0 aromatic heterocycles. The molecule has 140 valence electrons. The molecule has 0 atom stereocenters. The van der Waals surface area contributed by atoms with Crippen LogP contribution in [0.4, 0.5) is 0 Å². The normalized spacial score (nSPS) is 16.7. The van der Waals surface area contributed by atoms with Gasteiger partial charge in [-0.05, 0) is 50.8 Å². The van der Waals surface area contributed by atoms with Gasteiger partial charge in [0.1, 0.15) is 0 Å². The van der Waals surface area contributed by atoms with Crippen LogP contribution in [-0.2, 0) is 10.0 Å². The zero-order chi connectivity index (χ0) is 18.3. The van der Waals surface area contributed by atoms with E-state index in [1.54, 1.807) is 0 Å². The van der Waals surface area contributed by atoms with E-state index >= 15 is 0 Å². The lowest BCUT2D eigenvalue weighted by Crippen LogP contribution is -2.46. The zero-order valence-corrected chi connectivity index (χ0v) is 15.8. The predicted octanol–water partition coefficient (Wildman–Crippen LogP) is 0.352. The van der Waals surface area contributed by atoms with E-state index in [1.807, 2.05) is 0 Å². The van der Waals surface area contributed by atoms with Gasteiger partial charge in [0.05, 0.1) is 4.90 Å². The summed E-state index contributed by atoms with van der Waals surface area (Å²) in [5.74, 6) is -0.177. The average Bonchev–Trinajstić information content (AvgIpc) is 2.65. The molecule has 1 fully saturated rings. The van der Waals surface area contributed by atoms with E-state index in [9.17, 15) is 13.2 Å². The summed E-state index contributed by atoms with van der Waals surface area (Å²) in [7, 11) is -2.11. The van der Waals surface area contributed by atoms with Crippen molar-refractivity contribution in [2.24, 2.45) is 0 Å². The smallest absolute Gasteiger partial charge is 0.251 e. The molecule has 1 aliphatic rings. The van der Waals surface area contributed by atoms with Crippen LogP contribution in [0.1, 0.15) is 23.7 Å². The number of nitrogens with one attached hydrogen (secondary N) is 2. The van der Waals surface area contributed by atoms with Gasteiger partial charge in [-0.3, -0.25) is 4.79 Å². The molecule has 2 N–H and O–H groups in total. The number of rotatable bonds is 8. The first-order chi connectivity index (χ1) is 12.0. The lowest BCUT2D eigenvalue weighted by atomic mass is 10.2. The van der Waals surface area contributed by atoms with Crippen LogP contribution in [0.25, 0.3) is 0 Å². The molecule has 0 unspecified atom stereocenters. The first kappa shape index (κ1) is 19.8. The monoisotopic (exact) mass is 368 g/mol. The van der Waals surface area contributed by atoms with E-state index < -0.39 is 10.0 Å². The van der Waals surface area contributed by atoms with Crippen molar-refractivity contribution in [3.8, 4) is 0 Å². The number of hydrogen-bond acceptors (Lipinski definition) is 5. The number of benzene rings is 1. The molecule has 2 rings (SSSR count). The zero-order valence-electron chi connectivity index (χ0n) is 15.0. The number of sulfonamides is 1. The minimum Gasteiger partial charge on any atom is -0.352 e. The summed E-state index contributed by atoms with van der Waals surface area (Å²) in [6.07, 6.45) is 0.907. The second-order valence-electron chi connectivity index (χ2n) is 6.12. The Hall–Kier alpha value is -1.48. The molecular formula is C17H28N4O3S. The topological polar surface area (TPSA) is 81.8 Å². The lowest BCUT2D eigenvalue weighted by Gasteiger charge is -2.33. The van der Waals surface area contributed by atoms with Crippen molar-refractivity contribution < 1.29 is 13.2 Å². The Morgan fingerprint density at radius 2 is 1.68 bits per heavy atom. The summed E-state index contributed by atoms with van der Waals surface area (Å²) in [5, 5.41) is 2.89. The molecule has 1 saturated heterocycles. The number of nitrogens with zero attached hydrogens (tertiary/aromatic N) is 2. The van der Waals surface area contributed by atoms with Crippen LogP contribution >= 0.6 is 0 Å². The van der Waals surface area contributed by atoms with Crippen molar-refractivity contribution >= 4 is 15.9 Å². The van der Waals surface area contributed by atoms with Crippen LogP contribution in [0, 0.1) is 0 Å². The van der Waals surface area contributed by atoms with E-state index in [1.165, 1.54) is 31.3 Å². The molecule has 7 nitrogen and oxygen atoms in total. The third-order valence-corrected chi connectivity index (χ3v) is 5.97. The van der Waals surface area contributed by atoms with E-state index in [0.717, 1.165) is 45.7 Å². The number of carbonyl (C=O) groups excluding carboxylic acids is 1. The molecular weight excluding hydrogens is 340 g/mol. The van der Waals surface area contributed by atoms with Crippen molar-refractivity contribution in [2.45, 2.75) is 18.2 Å². The van der Waals surface area contributed by atoms with Crippen molar-refractivity contribution in [1.29, 1.82) is 0 Å². The Kier molecular flexibility index (Phi) is 7.37. The third kappa shape index (κ3) is 5.78. The molecule has 0 saturated carbocycles. The molecule has 1 aromatic rings. The van der Waals surface area contributed by atoms with Gasteiger partial charge < -0.3 is 15.1 Å². The van der Waals surface area contributed by atoms with E-state index in [0.29, 0.717) is 12.1 Å². The molecule has 0 spiro atoms. The Bertz CT molecular complexity index is 653. The molecule has 1 heterocycles. The maximum Gasteiger partial charge on any atom is 0.251 e. The first-order valence-electron chi connectivity index (χ1n) is 8.73. The van der Waals surface area contributed by atoms with Crippen molar-refractivity contribution in [3.05, 3.63) is 29.8 Å². The minimum atomic E-state index is -3.47. The van der Waals surface area contributed by atoms with Gasteiger partial charge in [0, 0.05) is 38.3 Å². The maximum atomic E-state index is 12.1. The second kappa shape index (κ2) is 9.28. The Morgan fingerprint density at radius 1 is 1.08 bits per heavy atom. The summed E-state index contributed by atoms with van der Waals surface area (Å²) < 4.78 is 25.6. The molecule has 0 aliphatic carbocycles. The number of amides is 1. The summed E-state index contributed by atoms with van der Waals surface area (Å²) >= 11 is 0. The Morgan fingerprint density at radius 3 is 2.24 bits per heavy atom. The van der Waals surface area contributed by atoms with Crippen molar-refractivity contribution in [1.82, 2.24) is 19.8 Å². The van der Waals surface area contributed by atoms with Gasteiger partial charge in [0.15, 0.2) is 0 Å². The van der Waals surface area contributed by atoms with Crippen LogP contribution in [-0.4, -0.2) is 77.0 Å². The van der Waals surface area contributed by atoms with Gasteiger partial charge >= 0.3 is 0 Å². The lowest BCUT2D eigenvalue weighted by molar-refractivity contribution is 0.0948. The highest BCUT2D eigenvalue weighted by molar-refractivity contribution is 7.89. The molecule has 1 amide bonds. The highest BCUT2D eigenvalue weighted by Gasteiger charge is 2.15. The van der Waals surface area contributed by atoms with Crippen LogP contribution in [0.3, 0.4) is 0 Å².